The third-order valence-electron chi connectivity index (χ3n) is 5.16. The standard InChI is InChI=1S/C25H21ClF3N3O4/c1-13-18(16-7-5-14(10-30)6-8-16)19(23(35)36-24(2,3)4)20(25(27,28)29)32(13)12-15-9-17(22(33)34)21(26)31-11-15/h5-9,11H,12H2,1-4H3,(H,33,34). The van der Waals surface area contributed by atoms with Crippen molar-refractivity contribution < 1.29 is 32.6 Å². The Bertz CT molecular complexity index is 1380. The normalized spacial score (nSPS) is 11.8. The van der Waals surface area contributed by atoms with E-state index in [4.69, 9.17) is 21.6 Å². The number of hydrogen-bond donors (Lipinski definition) is 1. The summed E-state index contributed by atoms with van der Waals surface area (Å²) in [6, 6.07) is 8.83. The number of ether oxygens (including phenoxy) is 1. The van der Waals surface area contributed by atoms with E-state index in [0.717, 1.165) is 10.6 Å². The van der Waals surface area contributed by atoms with Crippen LogP contribution in [0.1, 0.15) is 64.0 Å². The number of rotatable bonds is 5. The number of pyridine rings is 1. The molecule has 0 saturated carbocycles. The largest absolute Gasteiger partial charge is 0.478 e. The van der Waals surface area contributed by atoms with E-state index in [9.17, 15) is 27.9 Å². The van der Waals surface area contributed by atoms with Gasteiger partial charge in [0.05, 0.1) is 22.8 Å². The molecular formula is C25H21ClF3N3O4. The molecule has 188 valence electrons. The van der Waals surface area contributed by atoms with Crippen molar-refractivity contribution in [3.8, 4) is 17.2 Å². The topological polar surface area (TPSA) is 105 Å². The predicted octanol–water partition coefficient (Wildman–Crippen LogP) is 6.10. The molecule has 11 heteroatoms. The van der Waals surface area contributed by atoms with Crippen LogP contribution in [0, 0.1) is 18.3 Å². The number of aromatic nitrogens is 2. The average Bonchev–Trinajstić information content (AvgIpc) is 3.06. The second-order valence-electron chi connectivity index (χ2n) is 8.95. The molecule has 0 aliphatic carbocycles. The Kier molecular flexibility index (Phi) is 7.18. The molecule has 0 bridgehead atoms. The van der Waals surface area contributed by atoms with Crippen LogP contribution in [-0.2, 0) is 17.5 Å². The van der Waals surface area contributed by atoms with E-state index in [2.05, 4.69) is 4.98 Å². The summed E-state index contributed by atoms with van der Waals surface area (Å²) in [6.45, 7) is 5.58. The van der Waals surface area contributed by atoms with Gasteiger partial charge < -0.3 is 14.4 Å². The number of benzene rings is 1. The second kappa shape index (κ2) is 9.66. The van der Waals surface area contributed by atoms with Gasteiger partial charge >= 0.3 is 18.1 Å². The number of nitriles is 1. The molecule has 7 nitrogen and oxygen atoms in total. The zero-order valence-corrected chi connectivity index (χ0v) is 20.5. The van der Waals surface area contributed by atoms with Crippen LogP contribution < -0.4 is 0 Å². The molecule has 0 aliphatic heterocycles. The minimum Gasteiger partial charge on any atom is -0.478 e. The second-order valence-corrected chi connectivity index (χ2v) is 9.30. The van der Waals surface area contributed by atoms with Crippen LogP contribution in [0.5, 0.6) is 0 Å². The van der Waals surface area contributed by atoms with Gasteiger partial charge in [0.25, 0.3) is 0 Å². The minimum atomic E-state index is -4.97. The number of alkyl halides is 3. The zero-order valence-electron chi connectivity index (χ0n) is 19.7. The highest BCUT2D eigenvalue weighted by atomic mass is 35.5. The Morgan fingerprint density at radius 1 is 1.19 bits per heavy atom. The van der Waals surface area contributed by atoms with E-state index in [1.165, 1.54) is 58.2 Å². The molecule has 0 unspecified atom stereocenters. The summed E-state index contributed by atoms with van der Waals surface area (Å²) in [4.78, 5) is 28.4. The highest BCUT2D eigenvalue weighted by Crippen LogP contribution is 2.42. The van der Waals surface area contributed by atoms with Gasteiger partial charge in [0, 0.05) is 24.0 Å². The zero-order chi connectivity index (χ0) is 27.0. The first-order valence-electron chi connectivity index (χ1n) is 10.6. The molecule has 0 fully saturated rings. The van der Waals surface area contributed by atoms with Gasteiger partial charge in [-0.15, -0.1) is 0 Å². The number of carbonyl (C=O) groups is 2. The molecule has 0 atom stereocenters. The Morgan fingerprint density at radius 2 is 1.81 bits per heavy atom. The van der Waals surface area contributed by atoms with Crippen molar-refractivity contribution >= 4 is 23.5 Å². The van der Waals surface area contributed by atoms with Crippen molar-refractivity contribution in [2.45, 2.75) is 46.0 Å². The van der Waals surface area contributed by atoms with Crippen LogP contribution in [0.15, 0.2) is 36.5 Å². The maximum atomic E-state index is 14.5. The van der Waals surface area contributed by atoms with Gasteiger partial charge in [-0.2, -0.15) is 18.4 Å². The van der Waals surface area contributed by atoms with Gasteiger partial charge in [0.1, 0.15) is 16.4 Å². The first-order chi connectivity index (χ1) is 16.6. The molecule has 36 heavy (non-hydrogen) atoms. The number of esters is 1. The van der Waals surface area contributed by atoms with Gasteiger partial charge in [-0.1, -0.05) is 23.7 Å². The summed E-state index contributed by atoms with van der Waals surface area (Å²) >= 11 is 5.80. The monoisotopic (exact) mass is 519 g/mol. The summed E-state index contributed by atoms with van der Waals surface area (Å²) in [5, 5.41) is 18.1. The molecule has 1 aromatic carbocycles. The third kappa shape index (κ3) is 5.52. The molecule has 0 saturated heterocycles. The lowest BCUT2D eigenvalue weighted by molar-refractivity contribution is -0.144. The molecular weight excluding hydrogens is 499 g/mol. The van der Waals surface area contributed by atoms with Gasteiger partial charge in [-0.25, -0.2) is 14.6 Å². The summed E-state index contributed by atoms with van der Waals surface area (Å²) in [5.41, 5.74) is -2.61. The predicted molar refractivity (Wildman–Crippen MR) is 125 cm³/mol. The highest BCUT2D eigenvalue weighted by molar-refractivity contribution is 6.32. The van der Waals surface area contributed by atoms with E-state index in [-0.39, 0.29) is 33.1 Å². The molecule has 1 N–H and O–H groups in total. The Morgan fingerprint density at radius 3 is 2.31 bits per heavy atom. The quantitative estimate of drug-likeness (QED) is 0.322. The van der Waals surface area contributed by atoms with Gasteiger partial charge in [-0.05, 0) is 57.0 Å². The lowest BCUT2D eigenvalue weighted by atomic mass is 9.99. The molecule has 3 aromatic rings. The fourth-order valence-corrected chi connectivity index (χ4v) is 3.92. The van der Waals surface area contributed by atoms with E-state index in [0.29, 0.717) is 5.56 Å². The van der Waals surface area contributed by atoms with Crippen molar-refractivity contribution in [2.75, 3.05) is 0 Å². The Balaban J connectivity index is 2.33. The van der Waals surface area contributed by atoms with E-state index < -0.39 is 41.5 Å². The van der Waals surface area contributed by atoms with Crippen molar-refractivity contribution in [1.29, 1.82) is 5.26 Å². The van der Waals surface area contributed by atoms with Gasteiger partial charge in [0.2, 0.25) is 0 Å². The molecule has 3 rings (SSSR count). The summed E-state index contributed by atoms with van der Waals surface area (Å²) in [5.74, 6) is -2.56. The number of hydrogen-bond acceptors (Lipinski definition) is 5. The average molecular weight is 520 g/mol. The lowest BCUT2D eigenvalue weighted by Gasteiger charge is -2.21. The van der Waals surface area contributed by atoms with Crippen molar-refractivity contribution in [3.05, 3.63) is 75.3 Å². The summed E-state index contributed by atoms with van der Waals surface area (Å²) < 4.78 is 49.7. The van der Waals surface area contributed by atoms with E-state index in [1.54, 1.807) is 0 Å². The number of aromatic carboxylic acids is 1. The summed E-state index contributed by atoms with van der Waals surface area (Å²) in [7, 11) is 0. The minimum absolute atomic E-state index is 0.0126. The van der Waals surface area contributed by atoms with Crippen LogP contribution >= 0.6 is 11.6 Å². The SMILES string of the molecule is Cc1c(-c2ccc(C#N)cc2)c(C(=O)OC(C)(C)C)c(C(F)(F)F)n1Cc1cnc(Cl)c(C(=O)O)c1. The maximum absolute atomic E-state index is 14.5. The first kappa shape index (κ1) is 26.8. The third-order valence-corrected chi connectivity index (χ3v) is 5.47. The Hall–Kier alpha value is -3.84. The van der Waals surface area contributed by atoms with Crippen molar-refractivity contribution in [2.24, 2.45) is 0 Å². The van der Waals surface area contributed by atoms with E-state index in [1.807, 2.05) is 6.07 Å². The van der Waals surface area contributed by atoms with E-state index >= 15 is 0 Å². The molecule has 2 aromatic heterocycles. The van der Waals surface area contributed by atoms with Crippen LogP contribution in [0.3, 0.4) is 0 Å². The number of carbonyl (C=O) groups excluding carboxylic acids is 1. The molecule has 0 spiro atoms. The Labute approximate surface area is 209 Å². The molecule has 0 radical (unpaired) electrons. The summed E-state index contributed by atoms with van der Waals surface area (Å²) in [6.07, 6.45) is -3.81. The highest BCUT2D eigenvalue weighted by Gasteiger charge is 2.44. The number of carboxylic acids is 1. The van der Waals surface area contributed by atoms with Crippen LogP contribution in [-0.4, -0.2) is 32.2 Å². The van der Waals surface area contributed by atoms with Crippen LogP contribution in [0.4, 0.5) is 13.2 Å². The van der Waals surface area contributed by atoms with Gasteiger partial charge in [-0.3, -0.25) is 0 Å². The fraction of sp³-hybridized carbons (Fsp3) is 0.280. The maximum Gasteiger partial charge on any atom is 0.432 e. The molecule has 0 amide bonds. The van der Waals surface area contributed by atoms with Crippen molar-refractivity contribution in [3.63, 3.8) is 0 Å². The first-order valence-corrected chi connectivity index (χ1v) is 10.9. The van der Waals surface area contributed by atoms with Crippen LogP contribution in [0.25, 0.3) is 11.1 Å². The number of carboxylic acid groups (broad SMARTS) is 1. The molecule has 2 heterocycles. The van der Waals surface area contributed by atoms with Gasteiger partial charge in [0.15, 0.2) is 0 Å². The number of halogens is 4. The fourth-order valence-electron chi connectivity index (χ4n) is 3.73. The lowest BCUT2D eigenvalue weighted by Crippen LogP contribution is -2.26. The smallest absolute Gasteiger partial charge is 0.432 e. The molecule has 0 aliphatic rings. The number of nitrogens with zero attached hydrogens (tertiary/aromatic N) is 3. The van der Waals surface area contributed by atoms with Crippen LogP contribution in [0.2, 0.25) is 5.15 Å². The van der Waals surface area contributed by atoms with Crippen molar-refractivity contribution in [1.82, 2.24) is 9.55 Å².